The molecule has 2 heterocycles. The van der Waals surface area contributed by atoms with Crippen molar-refractivity contribution in [1.82, 2.24) is 10.2 Å². The summed E-state index contributed by atoms with van der Waals surface area (Å²) in [6, 6.07) is 15.8. The maximum Gasteiger partial charge on any atom is 0.251 e. The minimum atomic E-state index is -0.184. The highest BCUT2D eigenvalue weighted by atomic mass is 19.1. The summed E-state index contributed by atoms with van der Waals surface area (Å²) < 4.78 is 13.2. The molecule has 0 radical (unpaired) electrons. The summed E-state index contributed by atoms with van der Waals surface area (Å²) in [4.78, 5) is 15.3. The number of hydrogen-bond donors (Lipinski definition) is 1. The first kappa shape index (κ1) is 18.2. The normalized spacial score (nSPS) is 25.2. The zero-order valence-corrected chi connectivity index (χ0v) is 15.8. The number of rotatable bonds is 4. The molecule has 2 atom stereocenters. The summed E-state index contributed by atoms with van der Waals surface area (Å²) in [7, 11) is 0. The summed E-state index contributed by atoms with van der Waals surface area (Å²) in [5, 5.41) is 3.28. The van der Waals surface area contributed by atoms with Crippen molar-refractivity contribution in [2.45, 2.75) is 63.7 Å². The molecule has 2 aromatic rings. The number of hydrogen-bond acceptors (Lipinski definition) is 2. The molecule has 2 aromatic carbocycles. The number of halogens is 1. The van der Waals surface area contributed by atoms with Crippen molar-refractivity contribution in [3.63, 3.8) is 0 Å². The molecule has 1 amide bonds. The Hall–Kier alpha value is -2.20. The predicted octanol–water partition coefficient (Wildman–Crippen LogP) is 4.45. The molecule has 4 heteroatoms. The number of fused-ring (bicyclic) bond motifs is 2. The molecule has 142 valence electrons. The van der Waals surface area contributed by atoms with Crippen LogP contribution in [0.5, 0.6) is 0 Å². The van der Waals surface area contributed by atoms with Gasteiger partial charge in [-0.25, -0.2) is 4.39 Å². The fourth-order valence-electron chi connectivity index (χ4n) is 4.75. The fraction of sp³-hybridized carbons (Fsp3) is 0.435. The Kier molecular flexibility index (Phi) is 5.26. The molecule has 2 aliphatic rings. The van der Waals surface area contributed by atoms with Gasteiger partial charge in [0.25, 0.3) is 5.91 Å². The van der Waals surface area contributed by atoms with Gasteiger partial charge in [0.05, 0.1) is 0 Å². The van der Waals surface area contributed by atoms with Gasteiger partial charge < -0.3 is 5.32 Å². The maximum absolute atomic E-state index is 13.2. The number of aryl methyl sites for hydroxylation is 1. The third-order valence-electron chi connectivity index (χ3n) is 6.13. The molecule has 2 saturated heterocycles. The Bertz CT molecular complexity index is 790. The third-order valence-corrected chi connectivity index (χ3v) is 6.13. The molecule has 0 spiro atoms. The van der Waals surface area contributed by atoms with Gasteiger partial charge in [0, 0.05) is 30.2 Å². The van der Waals surface area contributed by atoms with Gasteiger partial charge in [-0.3, -0.25) is 9.69 Å². The first-order valence-electron chi connectivity index (χ1n) is 9.97. The Morgan fingerprint density at radius 3 is 2.41 bits per heavy atom. The molecule has 3 nitrogen and oxygen atoms in total. The van der Waals surface area contributed by atoms with Gasteiger partial charge in [-0.05, 0) is 61.9 Å². The summed E-state index contributed by atoms with van der Waals surface area (Å²) in [6.07, 6.45) is 5.60. The number of nitrogens with one attached hydrogen (secondary N) is 1. The minimum absolute atomic E-state index is 0.0446. The highest BCUT2D eigenvalue weighted by Gasteiger charge is 2.38. The van der Waals surface area contributed by atoms with Crippen molar-refractivity contribution >= 4 is 5.91 Å². The van der Waals surface area contributed by atoms with E-state index >= 15 is 0 Å². The van der Waals surface area contributed by atoms with Crippen molar-refractivity contribution in [1.29, 1.82) is 0 Å². The number of benzene rings is 2. The van der Waals surface area contributed by atoms with Gasteiger partial charge in [0.15, 0.2) is 0 Å². The lowest BCUT2D eigenvalue weighted by Crippen LogP contribution is -2.56. The van der Waals surface area contributed by atoms with Crippen LogP contribution in [-0.2, 0) is 6.54 Å². The lowest BCUT2D eigenvalue weighted by molar-refractivity contribution is 0.0177. The van der Waals surface area contributed by atoms with Gasteiger partial charge in [-0.2, -0.15) is 0 Å². The van der Waals surface area contributed by atoms with Gasteiger partial charge in [0.1, 0.15) is 5.82 Å². The van der Waals surface area contributed by atoms with Crippen LogP contribution in [0.25, 0.3) is 0 Å². The number of carbonyl (C=O) groups excluding carboxylic acids is 1. The summed E-state index contributed by atoms with van der Waals surface area (Å²) >= 11 is 0. The highest BCUT2D eigenvalue weighted by Crippen LogP contribution is 2.35. The Morgan fingerprint density at radius 2 is 1.74 bits per heavy atom. The van der Waals surface area contributed by atoms with Crippen LogP contribution in [0.3, 0.4) is 0 Å². The van der Waals surface area contributed by atoms with Crippen molar-refractivity contribution in [3.05, 3.63) is 71.0 Å². The van der Waals surface area contributed by atoms with E-state index in [1.54, 1.807) is 12.1 Å². The van der Waals surface area contributed by atoms with Crippen LogP contribution in [-0.4, -0.2) is 28.9 Å². The van der Waals surface area contributed by atoms with E-state index < -0.39 is 0 Å². The van der Waals surface area contributed by atoms with Crippen LogP contribution in [0.4, 0.5) is 4.39 Å². The van der Waals surface area contributed by atoms with Crippen LogP contribution in [0, 0.1) is 12.7 Å². The molecule has 2 bridgehead atoms. The summed E-state index contributed by atoms with van der Waals surface area (Å²) in [6.45, 7) is 2.85. The number of carbonyl (C=O) groups is 1. The van der Waals surface area contributed by atoms with Crippen LogP contribution in [0.1, 0.15) is 53.6 Å². The first-order chi connectivity index (χ1) is 13.1. The second-order valence-corrected chi connectivity index (χ2v) is 7.99. The second kappa shape index (κ2) is 7.81. The molecule has 1 N–H and O–H groups in total. The van der Waals surface area contributed by atoms with E-state index in [9.17, 15) is 9.18 Å². The maximum atomic E-state index is 13.2. The molecule has 2 aliphatic heterocycles. The van der Waals surface area contributed by atoms with Crippen LogP contribution < -0.4 is 5.32 Å². The minimum Gasteiger partial charge on any atom is -0.349 e. The van der Waals surface area contributed by atoms with Gasteiger partial charge in [0.2, 0.25) is 0 Å². The molecule has 0 aromatic heterocycles. The molecule has 4 rings (SSSR count). The van der Waals surface area contributed by atoms with E-state index in [4.69, 9.17) is 0 Å². The average Bonchev–Trinajstić information content (AvgIpc) is 2.64. The van der Waals surface area contributed by atoms with E-state index in [0.717, 1.165) is 36.1 Å². The second-order valence-electron chi connectivity index (χ2n) is 7.99. The van der Waals surface area contributed by atoms with E-state index in [-0.39, 0.29) is 17.8 Å². The lowest BCUT2D eigenvalue weighted by Gasteiger charge is -2.49. The lowest BCUT2D eigenvalue weighted by atomic mass is 9.81. The number of nitrogens with zero attached hydrogens (tertiary/aromatic N) is 1. The molecule has 27 heavy (non-hydrogen) atoms. The summed E-state index contributed by atoms with van der Waals surface area (Å²) in [5.41, 5.74) is 2.95. The zero-order valence-electron chi connectivity index (χ0n) is 15.8. The SMILES string of the molecule is Cc1ccccc1C(=O)NC1CC2CCCC(C1)N2Cc1ccc(F)cc1. The molecule has 2 fully saturated rings. The van der Waals surface area contributed by atoms with Crippen molar-refractivity contribution < 1.29 is 9.18 Å². The van der Waals surface area contributed by atoms with Crippen LogP contribution in [0.2, 0.25) is 0 Å². The fourth-order valence-corrected chi connectivity index (χ4v) is 4.75. The van der Waals surface area contributed by atoms with Gasteiger partial charge in [-0.15, -0.1) is 0 Å². The quantitative estimate of drug-likeness (QED) is 0.867. The number of amides is 1. The predicted molar refractivity (Wildman–Crippen MR) is 105 cm³/mol. The molecule has 2 unspecified atom stereocenters. The standard InChI is InChI=1S/C23H27FN2O/c1-16-5-2-3-8-22(16)23(27)25-19-13-20-6-4-7-21(14-19)26(20)15-17-9-11-18(24)12-10-17/h2-3,5,8-12,19-21H,4,6-7,13-15H2,1H3,(H,25,27). The number of piperidine rings is 2. The smallest absolute Gasteiger partial charge is 0.251 e. The van der Waals surface area contributed by atoms with Crippen molar-refractivity contribution in [2.75, 3.05) is 0 Å². The van der Waals surface area contributed by atoms with Gasteiger partial charge in [-0.1, -0.05) is 36.8 Å². The topological polar surface area (TPSA) is 32.3 Å². The van der Waals surface area contributed by atoms with E-state index in [1.165, 1.54) is 19.3 Å². The van der Waals surface area contributed by atoms with E-state index in [1.807, 2.05) is 43.3 Å². The summed E-state index contributed by atoms with van der Waals surface area (Å²) in [5.74, 6) is -0.139. The zero-order chi connectivity index (χ0) is 18.8. The van der Waals surface area contributed by atoms with Crippen molar-refractivity contribution in [3.8, 4) is 0 Å². The van der Waals surface area contributed by atoms with Gasteiger partial charge >= 0.3 is 0 Å². The largest absolute Gasteiger partial charge is 0.349 e. The van der Waals surface area contributed by atoms with E-state index in [2.05, 4.69) is 10.2 Å². The molecular formula is C23H27FN2O. The molecular weight excluding hydrogens is 339 g/mol. The van der Waals surface area contributed by atoms with Crippen molar-refractivity contribution in [2.24, 2.45) is 0 Å². The Morgan fingerprint density at radius 1 is 1.07 bits per heavy atom. The molecule has 0 saturated carbocycles. The Balaban J connectivity index is 1.42. The van der Waals surface area contributed by atoms with Crippen LogP contribution in [0.15, 0.2) is 48.5 Å². The highest BCUT2D eigenvalue weighted by molar-refractivity contribution is 5.95. The molecule has 0 aliphatic carbocycles. The Labute approximate surface area is 160 Å². The third kappa shape index (κ3) is 4.06. The first-order valence-corrected chi connectivity index (χ1v) is 9.97. The van der Waals surface area contributed by atoms with E-state index in [0.29, 0.717) is 12.1 Å². The monoisotopic (exact) mass is 366 g/mol. The van der Waals surface area contributed by atoms with Crippen LogP contribution >= 0.6 is 0 Å². The average molecular weight is 366 g/mol.